The molecular weight excluding hydrogens is 338 g/mol. The van der Waals surface area contributed by atoms with Crippen LogP contribution < -0.4 is 16.0 Å². The molecule has 1 saturated heterocycles. The summed E-state index contributed by atoms with van der Waals surface area (Å²) in [5.41, 5.74) is 7.73. The van der Waals surface area contributed by atoms with E-state index in [0.29, 0.717) is 13.1 Å². The van der Waals surface area contributed by atoms with Crippen LogP contribution in [0.15, 0.2) is 60.7 Å². The van der Waals surface area contributed by atoms with Gasteiger partial charge in [-0.1, -0.05) is 60.7 Å². The Bertz CT molecular complexity index is 749. The van der Waals surface area contributed by atoms with Crippen molar-refractivity contribution in [3.63, 3.8) is 0 Å². The minimum Gasteiger partial charge on any atom is -0.369 e. The van der Waals surface area contributed by atoms with Gasteiger partial charge in [-0.25, -0.2) is 0 Å². The monoisotopic (exact) mass is 366 g/mol. The fourth-order valence-corrected chi connectivity index (χ4v) is 3.81. The standard InChI is InChI=1S/C22H27N3O2/c23-22(27)19-12-7-13-25(15-19)16-21(26)24-20(18-10-5-2-6-11-18)14-17-8-3-1-4-9-17/h1-6,8-11,19-20H,7,12-16H2,(H2,23,27)(H,24,26)/p+1/t19-,20-/m0/s1. The number of primary amides is 1. The first-order chi connectivity index (χ1) is 13.1. The number of hydrogen-bond donors (Lipinski definition) is 3. The van der Waals surface area contributed by atoms with Crippen LogP contribution in [0.3, 0.4) is 0 Å². The van der Waals surface area contributed by atoms with Gasteiger partial charge < -0.3 is 16.0 Å². The van der Waals surface area contributed by atoms with Gasteiger partial charge in [0.05, 0.1) is 25.0 Å². The van der Waals surface area contributed by atoms with Gasteiger partial charge in [-0.3, -0.25) is 9.59 Å². The number of rotatable bonds is 7. The first-order valence-corrected chi connectivity index (χ1v) is 9.63. The van der Waals surface area contributed by atoms with Crippen LogP contribution in [-0.4, -0.2) is 31.4 Å². The smallest absolute Gasteiger partial charge is 0.275 e. The number of nitrogens with two attached hydrogens (primary N) is 1. The highest BCUT2D eigenvalue weighted by atomic mass is 16.2. The van der Waals surface area contributed by atoms with Gasteiger partial charge in [0.25, 0.3) is 5.91 Å². The normalized spacial score (nSPS) is 20.6. The summed E-state index contributed by atoms with van der Waals surface area (Å²) in [6, 6.07) is 20.2. The van der Waals surface area contributed by atoms with Crippen LogP contribution in [0.1, 0.15) is 30.0 Å². The van der Waals surface area contributed by atoms with Crippen LogP contribution in [0.4, 0.5) is 0 Å². The Morgan fingerprint density at radius 2 is 1.74 bits per heavy atom. The second-order valence-electron chi connectivity index (χ2n) is 7.34. The van der Waals surface area contributed by atoms with E-state index in [0.717, 1.165) is 36.3 Å². The second kappa shape index (κ2) is 9.33. The van der Waals surface area contributed by atoms with Crippen molar-refractivity contribution in [2.45, 2.75) is 25.3 Å². The average molecular weight is 366 g/mol. The number of piperidine rings is 1. The van der Waals surface area contributed by atoms with E-state index in [-0.39, 0.29) is 23.8 Å². The third-order valence-corrected chi connectivity index (χ3v) is 5.25. The maximum atomic E-state index is 12.7. The van der Waals surface area contributed by atoms with Gasteiger partial charge in [-0.05, 0) is 30.4 Å². The van der Waals surface area contributed by atoms with Crippen molar-refractivity contribution in [2.75, 3.05) is 19.6 Å². The van der Waals surface area contributed by atoms with Crippen LogP contribution in [0.2, 0.25) is 0 Å². The van der Waals surface area contributed by atoms with E-state index in [1.54, 1.807) is 0 Å². The predicted octanol–water partition coefficient (Wildman–Crippen LogP) is 0.867. The lowest BCUT2D eigenvalue weighted by molar-refractivity contribution is -0.899. The molecule has 0 bridgehead atoms. The maximum Gasteiger partial charge on any atom is 0.275 e. The van der Waals surface area contributed by atoms with E-state index in [1.165, 1.54) is 5.56 Å². The third-order valence-electron chi connectivity index (χ3n) is 5.25. The molecule has 1 aliphatic rings. The molecule has 1 heterocycles. The third kappa shape index (κ3) is 5.66. The molecule has 1 unspecified atom stereocenters. The largest absolute Gasteiger partial charge is 0.369 e. The Labute approximate surface area is 160 Å². The van der Waals surface area contributed by atoms with Crippen molar-refractivity contribution in [3.8, 4) is 0 Å². The van der Waals surface area contributed by atoms with Crippen molar-refractivity contribution in [3.05, 3.63) is 71.8 Å². The van der Waals surface area contributed by atoms with Crippen molar-refractivity contribution in [1.29, 1.82) is 0 Å². The lowest BCUT2D eigenvalue weighted by atomic mass is 9.97. The van der Waals surface area contributed by atoms with Crippen LogP contribution in [0, 0.1) is 5.92 Å². The number of carbonyl (C=O) groups excluding carboxylic acids is 2. The highest BCUT2D eigenvalue weighted by molar-refractivity contribution is 5.78. The number of likely N-dealkylation sites (tertiary alicyclic amines) is 1. The second-order valence-corrected chi connectivity index (χ2v) is 7.34. The zero-order chi connectivity index (χ0) is 19.1. The summed E-state index contributed by atoms with van der Waals surface area (Å²) in [5.74, 6) is -0.352. The van der Waals surface area contributed by atoms with Gasteiger partial charge in [0, 0.05) is 0 Å². The van der Waals surface area contributed by atoms with Gasteiger partial charge in [0.15, 0.2) is 6.54 Å². The van der Waals surface area contributed by atoms with Crippen LogP contribution in [-0.2, 0) is 16.0 Å². The summed E-state index contributed by atoms with van der Waals surface area (Å²) in [6.45, 7) is 1.94. The van der Waals surface area contributed by atoms with Gasteiger partial charge in [-0.2, -0.15) is 0 Å². The molecule has 0 aliphatic carbocycles. The predicted molar refractivity (Wildman–Crippen MR) is 105 cm³/mol. The van der Waals surface area contributed by atoms with Crippen LogP contribution >= 0.6 is 0 Å². The number of hydrogen-bond acceptors (Lipinski definition) is 2. The highest BCUT2D eigenvalue weighted by Gasteiger charge is 2.29. The molecule has 0 spiro atoms. The molecule has 4 N–H and O–H groups in total. The van der Waals surface area contributed by atoms with Gasteiger partial charge in [0.2, 0.25) is 5.91 Å². The molecule has 5 nitrogen and oxygen atoms in total. The first kappa shape index (κ1) is 19.1. The molecule has 5 heteroatoms. The molecule has 142 valence electrons. The van der Waals surface area contributed by atoms with E-state index in [1.807, 2.05) is 48.5 Å². The molecule has 0 saturated carbocycles. The summed E-state index contributed by atoms with van der Waals surface area (Å²) in [7, 11) is 0. The molecule has 3 atom stereocenters. The summed E-state index contributed by atoms with van der Waals surface area (Å²) in [6.07, 6.45) is 2.51. The van der Waals surface area contributed by atoms with E-state index in [2.05, 4.69) is 17.4 Å². The van der Waals surface area contributed by atoms with Crippen molar-refractivity contribution < 1.29 is 14.5 Å². The molecule has 2 aromatic rings. The molecule has 1 aliphatic heterocycles. The molecule has 27 heavy (non-hydrogen) atoms. The highest BCUT2D eigenvalue weighted by Crippen LogP contribution is 2.18. The zero-order valence-corrected chi connectivity index (χ0v) is 15.6. The van der Waals surface area contributed by atoms with E-state index in [4.69, 9.17) is 5.73 Å². The Balaban J connectivity index is 1.64. The zero-order valence-electron chi connectivity index (χ0n) is 15.6. The van der Waals surface area contributed by atoms with Crippen LogP contribution in [0.5, 0.6) is 0 Å². The Morgan fingerprint density at radius 3 is 2.41 bits per heavy atom. The number of carbonyl (C=O) groups is 2. The van der Waals surface area contributed by atoms with E-state index < -0.39 is 0 Å². The topological polar surface area (TPSA) is 76.6 Å². The Kier molecular flexibility index (Phi) is 6.60. The lowest BCUT2D eigenvalue weighted by Crippen LogP contribution is -3.15. The summed E-state index contributed by atoms with van der Waals surface area (Å²) < 4.78 is 0. The Morgan fingerprint density at radius 1 is 1.07 bits per heavy atom. The van der Waals surface area contributed by atoms with Crippen molar-refractivity contribution in [1.82, 2.24) is 5.32 Å². The molecule has 3 rings (SSSR count). The Hall–Kier alpha value is -2.66. The van der Waals surface area contributed by atoms with Gasteiger partial charge >= 0.3 is 0 Å². The summed E-state index contributed by atoms with van der Waals surface area (Å²) in [5, 5.41) is 3.20. The summed E-state index contributed by atoms with van der Waals surface area (Å²) in [4.78, 5) is 25.3. The van der Waals surface area contributed by atoms with Crippen LogP contribution in [0.25, 0.3) is 0 Å². The molecule has 2 amide bonds. The first-order valence-electron chi connectivity index (χ1n) is 9.63. The SMILES string of the molecule is NC(=O)[C@H]1CCC[NH+](CC(=O)N[C@@H](Cc2ccccc2)c2ccccc2)C1. The molecule has 0 radical (unpaired) electrons. The number of benzene rings is 2. The van der Waals surface area contributed by atoms with E-state index in [9.17, 15) is 9.59 Å². The summed E-state index contributed by atoms with van der Waals surface area (Å²) >= 11 is 0. The number of nitrogens with one attached hydrogen (secondary N) is 2. The maximum absolute atomic E-state index is 12.7. The molecule has 2 aromatic carbocycles. The number of quaternary nitrogens is 1. The fraction of sp³-hybridized carbons (Fsp3) is 0.364. The molecular formula is C22H28N3O2+. The fourth-order valence-electron chi connectivity index (χ4n) is 3.81. The van der Waals surface area contributed by atoms with Gasteiger partial charge in [0.1, 0.15) is 0 Å². The van der Waals surface area contributed by atoms with Crippen molar-refractivity contribution >= 4 is 11.8 Å². The van der Waals surface area contributed by atoms with Gasteiger partial charge in [-0.15, -0.1) is 0 Å². The van der Waals surface area contributed by atoms with E-state index >= 15 is 0 Å². The van der Waals surface area contributed by atoms with Crippen molar-refractivity contribution in [2.24, 2.45) is 11.7 Å². The minimum atomic E-state index is -0.251. The molecule has 1 fully saturated rings. The average Bonchev–Trinajstić information content (AvgIpc) is 2.69. The molecule has 0 aromatic heterocycles. The lowest BCUT2D eigenvalue weighted by Gasteiger charge is -2.28. The quantitative estimate of drug-likeness (QED) is 0.680. The number of amides is 2. The minimum absolute atomic E-state index is 0.0138.